The van der Waals surface area contributed by atoms with Gasteiger partial charge in [0.2, 0.25) is 5.69 Å². The van der Waals surface area contributed by atoms with Crippen LogP contribution in [-0.2, 0) is 0 Å². The van der Waals surface area contributed by atoms with Crippen LogP contribution in [0.3, 0.4) is 0 Å². The van der Waals surface area contributed by atoms with Gasteiger partial charge in [-0.05, 0) is 12.5 Å². The number of aromatic nitrogens is 1. The number of nitrogens with two attached hydrogens (primary N) is 1. The maximum Gasteiger partial charge on any atom is 0.323 e. The van der Waals surface area contributed by atoms with Gasteiger partial charge in [0.05, 0.1) is 4.92 Å². The molecule has 0 aliphatic rings. The third kappa shape index (κ3) is 3.41. The van der Waals surface area contributed by atoms with Crippen LogP contribution in [0.15, 0.2) is 12.3 Å². The van der Waals surface area contributed by atoms with Crippen LogP contribution >= 0.6 is 0 Å². The van der Waals surface area contributed by atoms with Crippen molar-refractivity contribution in [2.75, 3.05) is 12.3 Å². The second kappa shape index (κ2) is 6.53. The Balaban J connectivity index is 2.79. The first-order chi connectivity index (χ1) is 8.57. The summed E-state index contributed by atoms with van der Waals surface area (Å²) in [5.41, 5.74) is 4.73. The molecule has 0 unspecified atom stereocenters. The van der Waals surface area contributed by atoms with Crippen molar-refractivity contribution in [1.29, 1.82) is 0 Å². The zero-order chi connectivity index (χ0) is 13.5. The molecule has 7 heteroatoms. The number of carbonyl (C=O) groups excluding carboxylic acids is 1. The van der Waals surface area contributed by atoms with E-state index < -0.39 is 16.5 Å². The lowest BCUT2D eigenvalue weighted by Crippen LogP contribution is -2.26. The highest BCUT2D eigenvalue weighted by Gasteiger charge is 2.24. The van der Waals surface area contributed by atoms with Crippen molar-refractivity contribution >= 4 is 17.3 Å². The number of anilines is 1. The van der Waals surface area contributed by atoms with E-state index in [4.69, 9.17) is 5.73 Å². The van der Waals surface area contributed by atoms with E-state index in [0.29, 0.717) is 6.54 Å². The fraction of sp³-hybridized carbons (Fsp3) is 0.455. The van der Waals surface area contributed by atoms with Crippen molar-refractivity contribution in [3.8, 4) is 0 Å². The molecule has 0 saturated carbocycles. The molecule has 0 radical (unpaired) electrons. The summed E-state index contributed by atoms with van der Waals surface area (Å²) in [6.45, 7) is 2.52. The largest absolute Gasteiger partial charge is 0.393 e. The zero-order valence-electron chi connectivity index (χ0n) is 10.2. The van der Waals surface area contributed by atoms with Gasteiger partial charge in [-0.1, -0.05) is 19.8 Å². The Morgan fingerprint density at radius 3 is 2.89 bits per heavy atom. The van der Waals surface area contributed by atoms with Crippen LogP contribution in [0.2, 0.25) is 0 Å². The molecule has 0 aliphatic carbocycles. The van der Waals surface area contributed by atoms with Crippen LogP contribution < -0.4 is 11.1 Å². The third-order valence-corrected chi connectivity index (χ3v) is 2.42. The Morgan fingerprint density at radius 1 is 1.56 bits per heavy atom. The predicted molar refractivity (Wildman–Crippen MR) is 67.2 cm³/mol. The average molecular weight is 252 g/mol. The lowest BCUT2D eigenvalue weighted by atomic mass is 10.2. The Kier molecular flexibility index (Phi) is 5.04. The molecule has 0 bridgehead atoms. The third-order valence-electron chi connectivity index (χ3n) is 2.42. The number of nitrogens with one attached hydrogen (secondary N) is 1. The van der Waals surface area contributed by atoms with Crippen LogP contribution in [0, 0.1) is 10.1 Å². The molecule has 0 saturated heterocycles. The van der Waals surface area contributed by atoms with Crippen LogP contribution in [-0.4, -0.2) is 22.4 Å². The molecule has 1 heterocycles. The molecule has 98 valence electrons. The molecule has 0 aliphatic heterocycles. The number of hydrogen-bond acceptors (Lipinski definition) is 5. The maximum atomic E-state index is 11.8. The quantitative estimate of drug-likeness (QED) is 0.452. The topological polar surface area (TPSA) is 111 Å². The average Bonchev–Trinajstić information content (AvgIpc) is 2.33. The molecular formula is C11H16N4O3. The van der Waals surface area contributed by atoms with E-state index in [-0.39, 0.29) is 11.4 Å². The first-order valence-electron chi connectivity index (χ1n) is 5.75. The van der Waals surface area contributed by atoms with Crippen LogP contribution in [0.4, 0.5) is 11.4 Å². The number of unbranched alkanes of at least 4 members (excludes halogenated alkanes) is 2. The minimum absolute atomic E-state index is 0.0614. The van der Waals surface area contributed by atoms with Gasteiger partial charge < -0.3 is 11.1 Å². The summed E-state index contributed by atoms with van der Waals surface area (Å²) in [5, 5.41) is 13.4. The second-order valence-electron chi connectivity index (χ2n) is 3.82. The summed E-state index contributed by atoms with van der Waals surface area (Å²) >= 11 is 0. The predicted octanol–water partition coefficient (Wildman–Crippen LogP) is 1.49. The van der Waals surface area contributed by atoms with E-state index in [1.54, 1.807) is 0 Å². The number of nitrogen functional groups attached to an aromatic ring is 1. The van der Waals surface area contributed by atoms with E-state index in [1.165, 1.54) is 12.3 Å². The van der Waals surface area contributed by atoms with E-state index >= 15 is 0 Å². The number of rotatable bonds is 6. The number of amides is 1. The molecule has 1 aromatic heterocycles. The van der Waals surface area contributed by atoms with E-state index in [1.807, 2.05) is 6.92 Å². The van der Waals surface area contributed by atoms with Crippen molar-refractivity contribution in [3.05, 3.63) is 28.1 Å². The number of pyridine rings is 1. The molecule has 0 aromatic carbocycles. The molecule has 0 spiro atoms. The number of carbonyl (C=O) groups is 1. The number of nitrogens with zero attached hydrogens (tertiary/aromatic N) is 2. The summed E-state index contributed by atoms with van der Waals surface area (Å²) in [6.07, 6.45) is 4.14. The minimum Gasteiger partial charge on any atom is -0.393 e. The Morgan fingerprint density at radius 2 is 2.28 bits per heavy atom. The lowest BCUT2D eigenvalue weighted by molar-refractivity contribution is -0.384. The van der Waals surface area contributed by atoms with Gasteiger partial charge in [-0.25, -0.2) is 4.98 Å². The molecule has 0 fully saturated rings. The van der Waals surface area contributed by atoms with Crippen LogP contribution in [0.1, 0.15) is 36.7 Å². The van der Waals surface area contributed by atoms with Gasteiger partial charge in [0.15, 0.2) is 0 Å². The van der Waals surface area contributed by atoms with E-state index in [0.717, 1.165) is 19.3 Å². The Labute approximate surface area is 105 Å². The minimum atomic E-state index is -0.691. The van der Waals surface area contributed by atoms with Gasteiger partial charge in [-0.15, -0.1) is 0 Å². The summed E-state index contributed by atoms with van der Waals surface area (Å²) in [5.74, 6) is -0.565. The first kappa shape index (κ1) is 13.9. The zero-order valence-corrected chi connectivity index (χ0v) is 10.2. The van der Waals surface area contributed by atoms with Gasteiger partial charge in [0.25, 0.3) is 5.91 Å². The van der Waals surface area contributed by atoms with Crippen LogP contribution in [0.25, 0.3) is 0 Å². The lowest BCUT2D eigenvalue weighted by Gasteiger charge is -2.05. The van der Waals surface area contributed by atoms with E-state index in [2.05, 4.69) is 10.3 Å². The van der Waals surface area contributed by atoms with Gasteiger partial charge in [-0.2, -0.15) is 0 Å². The molecule has 0 atom stereocenters. The second-order valence-corrected chi connectivity index (χ2v) is 3.82. The van der Waals surface area contributed by atoms with Crippen LogP contribution in [0.5, 0.6) is 0 Å². The summed E-state index contributed by atoms with van der Waals surface area (Å²) in [4.78, 5) is 25.6. The summed E-state index contributed by atoms with van der Waals surface area (Å²) in [6, 6.07) is 1.30. The van der Waals surface area contributed by atoms with Crippen molar-refractivity contribution in [1.82, 2.24) is 10.3 Å². The Bertz CT molecular complexity index is 448. The van der Waals surface area contributed by atoms with Crippen molar-refractivity contribution in [3.63, 3.8) is 0 Å². The van der Waals surface area contributed by atoms with Crippen molar-refractivity contribution in [2.45, 2.75) is 26.2 Å². The SMILES string of the molecule is CCCCCNC(=O)c1nccc(N)c1[N+](=O)[O-]. The molecule has 1 rings (SSSR count). The molecule has 3 N–H and O–H groups in total. The molecule has 7 nitrogen and oxygen atoms in total. The fourth-order valence-corrected chi connectivity index (χ4v) is 1.49. The first-order valence-corrected chi connectivity index (χ1v) is 5.75. The maximum absolute atomic E-state index is 11.8. The molecule has 18 heavy (non-hydrogen) atoms. The van der Waals surface area contributed by atoms with Gasteiger partial charge in [0, 0.05) is 12.7 Å². The fourth-order valence-electron chi connectivity index (χ4n) is 1.49. The summed E-state index contributed by atoms with van der Waals surface area (Å²) in [7, 11) is 0. The smallest absolute Gasteiger partial charge is 0.323 e. The molecular weight excluding hydrogens is 236 g/mol. The van der Waals surface area contributed by atoms with Gasteiger partial charge >= 0.3 is 5.69 Å². The highest BCUT2D eigenvalue weighted by molar-refractivity contribution is 5.98. The number of hydrogen-bond donors (Lipinski definition) is 2. The van der Waals surface area contributed by atoms with Gasteiger partial charge in [0.1, 0.15) is 5.69 Å². The molecule has 1 amide bonds. The standard InChI is InChI=1S/C11H16N4O3/c1-2-3-4-6-14-11(16)9-10(15(17)18)8(12)5-7-13-9/h5,7H,2-4,6H2,1H3,(H2,12,13)(H,14,16). The Hall–Kier alpha value is -2.18. The highest BCUT2D eigenvalue weighted by Crippen LogP contribution is 2.23. The van der Waals surface area contributed by atoms with Crippen molar-refractivity contribution in [2.24, 2.45) is 0 Å². The monoisotopic (exact) mass is 252 g/mol. The normalized spacial score (nSPS) is 10.1. The van der Waals surface area contributed by atoms with Gasteiger partial charge in [-0.3, -0.25) is 14.9 Å². The summed E-state index contributed by atoms with van der Waals surface area (Å²) < 4.78 is 0. The highest BCUT2D eigenvalue weighted by atomic mass is 16.6. The van der Waals surface area contributed by atoms with Crippen molar-refractivity contribution < 1.29 is 9.72 Å². The molecule has 1 aromatic rings. The number of nitro groups is 1. The van der Waals surface area contributed by atoms with E-state index in [9.17, 15) is 14.9 Å².